The molecule has 0 saturated carbocycles. The minimum Gasteiger partial charge on any atom is -0.443 e. The molecule has 0 bridgehead atoms. The number of rotatable bonds is 1. The van der Waals surface area contributed by atoms with Crippen LogP contribution in [0.4, 0.5) is 9.59 Å². The Morgan fingerprint density at radius 2 is 2.00 bits per heavy atom. The summed E-state index contributed by atoms with van der Waals surface area (Å²) >= 11 is 3.28. The third-order valence-corrected chi connectivity index (χ3v) is 2.73. The molecule has 9 heteroatoms. The fourth-order valence-corrected chi connectivity index (χ4v) is 1.83. The second kappa shape index (κ2) is 5.68. The Morgan fingerprint density at radius 3 is 2.67 bits per heavy atom. The van der Waals surface area contributed by atoms with Crippen LogP contribution < -0.4 is 10.1 Å². The Labute approximate surface area is 128 Å². The van der Waals surface area contributed by atoms with Crippen LogP contribution in [-0.4, -0.2) is 32.2 Å². The van der Waals surface area contributed by atoms with Crippen molar-refractivity contribution in [2.24, 2.45) is 0 Å². The molecule has 2 rings (SSSR count). The number of imide groups is 1. The minimum atomic E-state index is -0.996. The van der Waals surface area contributed by atoms with Crippen LogP contribution in [0.25, 0.3) is 5.65 Å². The lowest BCUT2D eigenvalue weighted by Gasteiger charge is -2.18. The van der Waals surface area contributed by atoms with Gasteiger partial charge in [0, 0.05) is 12.4 Å². The quantitative estimate of drug-likeness (QED) is 0.843. The maximum Gasteiger partial charge on any atom is 0.423 e. The summed E-state index contributed by atoms with van der Waals surface area (Å²) in [6.07, 6.45) is 2.73. The third kappa shape index (κ3) is 3.91. The number of ether oxygens (including phenoxy) is 2. The first-order valence-electron chi connectivity index (χ1n) is 5.95. The van der Waals surface area contributed by atoms with Gasteiger partial charge in [0.25, 0.3) is 5.88 Å². The minimum absolute atomic E-state index is 0.0238. The fourth-order valence-electron chi connectivity index (χ4n) is 1.44. The Hall–Kier alpha value is -2.16. The van der Waals surface area contributed by atoms with E-state index in [9.17, 15) is 9.59 Å². The van der Waals surface area contributed by atoms with Gasteiger partial charge in [0.1, 0.15) is 10.2 Å². The zero-order valence-electron chi connectivity index (χ0n) is 11.6. The molecule has 1 N–H and O–H groups in total. The standard InChI is InChI=1S/C12H13BrN4O4/c1-12(2,3)21-11(19)16-10(18)20-9-8-15-6-7(13)17(8)5-4-14-9/h4-6H,1-3H3,(H,16,18,19). The number of aromatic nitrogens is 3. The van der Waals surface area contributed by atoms with Crippen LogP contribution in [0.5, 0.6) is 5.88 Å². The number of alkyl carbamates (subject to hydrolysis) is 1. The Kier molecular flexibility index (Phi) is 4.12. The van der Waals surface area contributed by atoms with Crippen LogP contribution in [0, 0.1) is 0 Å². The van der Waals surface area contributed by atoms with E-state index in [1.807, 2.05) is 5.32 Å². The van der Waals surface area contributed by atoms with Gasteiger partial charge < -0.3 is 9.47 Å². The normalized spacial score (nSPS) is 11.2. The van der Waals surface area contributed by atoms with Crippen LogP contribution in [0.15, 0.2) is 23.2 Å². The van der Waals surface area contributed by atoms with Gasteiger partial charge in [0.05, 0.1) is 6.20 Å². The molecule has 2 aromatic heterocycles. The predicted octanol–water partition coefficient (Wildman–Crippen LogP) is 2.52. The number of hydrogen-bond donors (Lipinski definition) is 1. The van der Waals surface area contributed by atoms with E-state index in [0.29, 0.717) is 10.3 Å². The molecular formula is C12H13BrN4O4. The van der Waals surface area contributed by atoms with Crippen LogP contribution in [0.2, 0.25) is 0 Å². The first-order chi connectivity index (χ1) is 9.76. The fraction of sp³-hybridized carbons (Fsp3) is 0.333. The van der Waals surface area contributed by atoms with Crippen LogP contribution in [-0.2, 0) is 4.74 Å². The Morgan fingerprint density at radius 1 is 1.29 bits per heavy atom. The highest BCUT2D eigenvalue weighted by Gasteiger charge is 2.20. The summed E-state index contributed by atoms with van der Waals surface area (Å²) in [4.78, 5) is 31.0. The summed E-state index contributed by atoms with van der Waals surface area (Å²) in [5.41, 5.74) is -0.375. The number of nitrogens with one attached hydrogen (secondary N) is 1. The molecule has 8 nitrogen and oxygen atoms in total. The first kappa shape index (κ1) is 15.2. The number of fused-ring (bicyclic) bond motifs is 1. The first-order valence-corrected chi connectivity index (χ1v) is 6.75. The van der Waals surface area contributed by atoms with Gasteiger partial charge in [-0.25, -0.2) is 24.9 Å². The number of nitrogens with zero attached hydrogens (tertiary/aromatic N) is 3. The maximum atomic E-state index is 11.6. The molecule has 0 atom stereocenters. The Balaban J connectivity index is 2.07. The summed E-state index contributed by atoms with van der Waals surface area (Å²) in [5.74, 6) is -0.0238. The smallest absolute Gasteiger partial charge is 0.423 e. The van der Waals surface area contributed by atoms with Gasteiger partial charge in [-0.2, -0.15) is 0 Å². The molecule has 0 fully saturated rings. The molecule has 0 aliphatic carbocycles. The molecule has 0 aromatic carbocycles. The van der Waals surface area contributed by atoms with E-state index in [0.717, 1.165) is 0 Å². The topological polar surface area (TPSA) is 94.8 Å². The molecule has 0 saturated heterocycles. The SMILES string of the molecule is CC(C)(C)OC(=O)NC(=O)Oc1nccn2c(Br)cnc12. The molecule has 0 radical (unpaired) electrons. The van der Waals surface area contributed by atoms with E-state index in [2.05, 4.69) is 25.9 Å². The average molecular weight is 357 g/mol. The lowest BCUT2D eigenvalue weighted by atomic mass is 10.2. The summed E-state index contributed by atoms with van der Waals surface area (Å²) < 4.78 is 12.2. The van der Waals surface area contributed by atoms with Crippen molar-refractivity contribution in [1.82, 2.24) is 19.7 Å². The molecular weight excluding hydrogens is 344 g/mol. The van der Waals surface area contributed by atoms with Gasteiger partial charge in [-0.3, -0.25) is 4.40 Å². The molecule has 2 heterocycles. The van der Waals surface area contributed by atoms with Gasteiger partial charge >= 0.3 is 12.2 Å². The molecule has 0 aliphatic rings. The molecule has 2 aromatic rings. The number of amides is 2. The van der Waals surface area contributed by atoms with Gasteiger partial charge in [0.15, 0.2) is 0 Å². The van der Waals surface area contributed by atoms with Crippen LogP contribution >= 0.6 is 15.9 Å². The molecule has 0 aliphatic heterocycles. The largest absolute Gasteiger partial charge is 0.443 e. The van der Waals surface area contributed by atoms with E-state index >= 15 is 0 Å². The zero-order chi connectivity index (χ0) is 15.6. The van der Waals surface area contributed by atoms with E-state index < -0.39 is 17.8 Å². The van der Waals surface area contributed by atoms with Gasteiger partial charge in [-0.05, 0) is 36.7 Å². The lowest BCUT2D eigenvalue weighted by Crippen LogP contribution is -2.38. The highest BCUT2D eigenvalue weighted by Crippen LogP contribution is 2.19. The van der Waals surface area contributed by atoms with Crippen molar-refractivity contribution in [3.63, 3.8) is 0 Å². The number of carbonyl (C=O) groups excluding carboxylic acids is 2. The molecule has 0 spiro atoms. The number of imidazole rings is 1. The predicted molar refractivity (Wildman–Crippen MR) is 76.1 cm³/mol. The molecule has 2 amide bonds. The molecule has 21 heavy (non-hydrogen) atoms. The number of halogens is 1. The van der Waals surface area contributed by atoms with Crippen molar-refractivity contribution in [3.8, 4) is 5.88 Å². The van der Waals surface area contributed by atoms with Gasteiger partial charge in [-0.1, -0.05) is 0 Å². The van der Waals surface area contributed by atoms with Crippen molar-refractivity contribution in [1.29, 1.82) is 0 Å². The summed E-state index contributed by atoms with van der Waals surface area (Å²) in [6, 6.07) is 0. The van der Waals surface area contributed by atoms with E-state index in [4.69, 9.17) is 9.47 Å². The van der Waals surface area contributed by atoms with E-state index in [1.54, 1.807) is 31.4 Å². The zero-order valence-corrected chi connectivity index (χ0v) is 13.2. The van der Waals surface area contributed by atoms with E-state index in [1.165, 1.54) is 12.4 Å². The van der Waals surface area contributed by atoms with E-state index in [-0.39, 0.29) is 5.88 Å². The van der Waals surface area contributed by atoms with Crippen molar-refractivity contribution < 1.29 is 19.1 Å². The van der Waals surface area contributed by atoms with Gasteiger partial charge in [0.2, 0.25) is 5.65 Å². The van der Waals surface area contributed by atoms with Crippen molar-refractivity contribution in [2.45, 2.75) is 26.4 Å². The Bertz CT molecular complexity index is 692. The summed E-state index contributed by atoms with van der Waals surface area (Å²) in [7, 11) is 0. The number of carbonyl (C=O) groups is 2. The average Bonchev–Trinajstić information content (AvgIpc) is 2.69. The second-order valence-corrected chi connectivity index (χ2v) is 5.84. The van der Waals surface area contributed by atoms with Crippen molar-refractivity contribution >= 4 is 33.8 Å². The van der Waals surface area contributed by atoms with Crippen LogP contribution in [0.1, 0.15) is 20.8 Å². The molecule has 0 unspecified atom stereocenters. The summed E-state index contributed by atoms with van der Waals surface area (Å²) in [6.45, 7) is 5.05. The lowest BCUT2D eigenvalue weighted by molar-refractivity contribution is 0.0533. The number of hydrogen-bond acceptors (Lipinski definition) is 6. The monoisotopic (exact) mass is 356 g/mol. The molecule has 112 valence electrons. The maximum absolute atomic E-state index is 11.6. The van der Waals surface area contributed by atoms with Crippen LogP contribution in [0.3, 0.4) is 0 Å². The van der Waals surface area contributed by atoms with Crippen molar-refractivity contribution in [2.75, 3.05) is 0 Å². The van der Waals surface area contributed by atoms with Crippen molar-refractivity contribution in [3.05, 3.63) is 23.2 Å². The highest BCUT2D eigenvalue weighted by molar-refractivity contribution is 9.10. The van der Waals surface area contributed by atoms with Gasteiger partial charge in [-0.15, -0.1) is 0 Å². The second-order valence-electron chi connectivity index (χ2n) is 5.02. The highest BCUT2D eigenvalue weighted by atomic mass is 79.9. The summed E-state index contributed by atoms with van der Waals surface area (Å²) in [5, 5.41) is 1.95. The third-order valence-electron chi connectivity index (χ3n) is 2.14.